The molecule has 3 rings (SSSR count). The first-order chi connectivity index (χ1) is 10.7. The van der Waals surface area contributed by atoms with Gasteiger partial charge in [0.15, 0.2) is 0 Å². The minimum Gasteiger partial charge on any atom is -0.496 e. The summed E-state index contributed by atoms with van der Waals surface area (Å²) in [5.41, 5.74) is 3.28. The summed E-state index contributed by atoms with van der Waals surface area (Å²) in [6, 6.07) is 13.0. The van der Waals surface area contributed by atoms with Crippen molar-refractivity contribution in [3.8, 4) is 5.75 Å². The number of aromatic nitrogens is 2. The van der Waals surface area contributed by atoms with Gasteiger partial charge in [-0.15, -0.1) is 0 Å². The Bertz CT molecular complexity index is 824. The number of nitrogens with zero attached hydrogens (tertiary/aromatic N) is 2. The third kappa shape index (κ3) is 2.53. The zero-order chi connectivity index (χ0) is 15.5. The third-order valence-electron chi connectivity index (χ3n) is 3.60. The topological polar surface area (TPSA) is 55.6 Å². The van der Waals surface area contributed by atoms with E-state index in [9.17, 15) is 4.79 Å². The molecule has 5 heteroatoms. The molecule has 0 spiro atoms. The number of carbonyl (C=O) groups excluding carboxylic acids is 1. The predicted molar refractivity (Wildman–Crippen MR) is 84.1 cm³/mol. The smallest absolute Gasteiger partial charge is 0.255 e. The molecule has 1 N–H and O–H groups in total. The summed E-state index contributed by atoms with van der Waals surface area (Å²) in [5, 5.41) is 2.93. The average molecular weight is 295 g/mol. The molecule has 0 saturated heterocycles. The van der Waals surface area contributed by atoms with Gasteiger partial charge in [-0.05, 0) is 31.2 Å². The number of aryl methyl sites for hydroxylation is 1. The van der Waals surface area contributed by atoms with Crippen molar-refractivity contribution in [3.63, 3.8) is 0 Å². The molecule has 0 aliphatic heterocycles. The SMILES string of the molecule is COc1ccccc1C(=O)NCc1c(C)nc2ccccn12. The number of methoxy groups -OCH3 is 1. The number of fused-ring (bicyclic) bond motifs is 1. The van der Waals surface area contributed by atoms with Gasteiger partial charge in [-0.3, -0.25) is 4.79 Å². The minimum atomic E-state index is -0.164. The van der Waals surface area contributed by atoms with Crippen LogP contribution in [0.2, 0.25) is 0 Å². The maximum Gasteiger partial charge on any atom is 0.255 e. The fourth-order valence-corrected chi connectivity index (χ4v) is 2.47. The number of benzene rings is 1. The van der Waals surface area contributed by atoms with E-state index in [1.165, 1.54) is 0 Å². The first-order valence-corrected chi connectivity index (χ1v) is 7.04. The van der Waals surface area contributed by atoms with Gasteiger partial charge in [-0.2, -0.15) is 0 Å². The Morgan fingerprint density at radius 2 is 2.00 bits per heavy atom. The Labute approximate surface area is 128 Å². The maximum absolute atomic E-state index is 12.3. The summed E-state index contributed by atoms with van der Waals surface area (Å²) in [6.07, 6.45) is 1.94. The highest BCUT2D eigenvalue weighted by Crippen LogP contribution is 2.17. The van der Waals surface area contributed by atoms with E-state index in [-0.39, 0.29) is 5.91 Å². The van der Waals surface area contributed by atoms with Crippen molar-refractivity contribution in [1.82, 2.24) is 14.7 Å². The van der Waals surface area contributed by atoms with Gasteiger partial charge in [0.1, 0.15) is 11.4 Å². The van der Waals surface area contributed by atoms with E-state index in [4.69, 9.17) is 4.74 Å². The highest BCUT2D eigenvalue weighted by Gasteiger charge is 2.13. The summed E-state index contributed by atoms with van der Waals surface area (Å²) >= 11 is 0. The molecule has 2 aromatic heterocycles. The molecule has 0 atom stereocenters. The Morgan fingerprint density at radius 3 is 2.82 bits per heavy atom. The molecule has 0 radical (unpaired) electrons. The minimum absolute atomic E-state index is 0.164. The number of imidazole rings is 1. The number of amides is 1. The van der Waals surface area contributed by atoms with Gasteiger partial charge < -0.3 is 14.5 Å². The molecule has 5 nitrogen and oxygen atoms in total. The Kier molecular flexibility index (Phi) is 3.78. The van der Waals surface area contributed by atoms with E-state index >= 15 is 0 Å². The normalized spacial score (nSPS) is 10.6. The number of ether oxygens (including phenoxy) is 1. The van der Waals surface area contributed by atoms with Crippen LogP contribution in [0, 0.1) is 6.92 Å². The van der Waals surface area contributed by atoms with Gasteiger partial charge in [0.2, 0.25) is 0 Å². The second kappa shape index (κ2) is 5.89. The second-order valence-electron chi connectivity index (χ2n) is 4.96. The van der Waals surface area contributed by atoms with Crippen LogP contribution < -0.4 is 10.1 Å². The predicted octanol–water partition coefficient (Wildman–Crippen LogP) is 2.58. The number of carbonyl (C=O) groups is 1. The monoisotopic (exact) mass is 295 g/mol. The van der Waals surface area contributed by atoms with E-state index in [0.717, 1.165) is 17.0 Å². The van der Waals surface area contributed by atoms with E-state index in [2.05, 4.69) is 10.3 Å². The van der Waals surface area contributed by atoms with Crippen molar-refractivity contribution in [1.29, 1.82) is 0 Å². The molecule has 0 aliphatic carbocycles. The lowest BCUT2D eigenvalue weighted by molar-refractivity contribution is 0.0947. The standard InChI is InChI=1S/C17H17N3O2/c1-12-14(20-10-6-5-9-16(20)19-12)11-18-17(21)13-7-3-4-8-15(13)22-2/h3-10H,11H2,1-2H3,(H,18,21). The zero-order valence-corrected chi connectivity index (χ0v) is 12.5. The van der Waals surface area contributed by atoms with Gasteiger partial charge in [-0.1, -0.05) is 18.2 Å². The number of pyridine rings is 1. The Balaban J connectivity index is 1.82. The van der Waals surface area contributed by atoms with Gasteiger partial charge in [0, 0.05) is 6.20 Å². The van der Waals surface area contributed by atoms with Crippen LogP contribution in [0.15, 0.2) is 48.7 Å². The van der Waals surface area contributed by atoms with Crippen molar-refractivity contribution in [3.05, 3.63) is 65.6 Å². The first kappa shape index (κ1) is 14.1. The maximum atomic E-state index is 12.3. The lowest BCUT2D eigenvalue weighted by atomic mass is 10.2. The lowest BCUT2D eigenvalue weighted by Crippen LogP contribution is -2.24. The summed E-state index contributed by atoms with van der Waals surface area (Å²) in [7, 11) is 1.56. The summed E-state index contributed by atoms with van der Waals surface area (Å²) in [6.45, 7) is 2.35. The van der Waals surface area contributed by atoms with Crippen LogP contribution >= 0.6 is 0 Å². The van der Waals surface area contributed by atoms with Crippen molar-refractivity contribution in [2.45, 2.75) is 13.5 Å². The van der Waals surface area contributed by atoms with Crippen LogP contribution in [-0.2, 0) is 6.54 Å². The molecular formula is C17H17N3O2. The molecule has 1 aromatic carbocycles. The molecule has 0 aliphatic rings. The summed E-state index contributed by atoms with van der Waals surface area (Å²) < 4.78 is 7.20. The van der Waals surface area contributed by atoms with E-state index in [1.807, 2.05) is 47.9 Å². The largest absolute Gasteiger partial charge is 0.496 e. The molecule has 0 saturated carbocycles. The molecule has 3 aromatic rings. The Hall–Kier alpha value is -2.82. The third-order valence-corrected chi connectivity index (χ3v) is 3.60. The molecule has 0 bridgehead atoms. The number of rotatable bonds is 4. The van der Waals surface area contributed by atoms with E-state index in [0.29, 0.717) is 17.9 Å². The van der Waals surface area contributed by atoms with Gasteiger partial charge in [0.05, 0.1) is 30.6 Å². The summed E-state index contributed by atoms with van der Waals surface area (Å²) in [4.78, 5) is 16.8. The van der Waals surface area contributed by atoms with Crippen LogP contribution in [0.25, 0.3) is 5.65 Å². The van der Waals surface area contributed by atoms with Crippen LogP contribution in [0.5, 0.6) is 5.75 Å². The molecule has 112 valence electrons. The van der Waals surface area contributed by atoms with E-state index < -0.39 is 0 Å². The van der Waals surface area contributed by atoms with Crippen molar-refractivity contribution < 1.29 is 9.53 Å². The van der Waals surface area contributed by atoms with E-state index in [1.54, 1.807) is 19.2 Å². The van der Waals surface area contributed by atoms with Crippen LogP contribution in [0.4, 0.5) is 0 Å². The number of nitrogens with one attached hydrogen (secondary N) is 1. The number of hydrogen-bond acceptors (Lipinski definition) is 3. The van der Waals surface area contributed by atoms with Crippen molar-refractivity contribution in [2.24, 2.45) is 0 Å². The number of hydrogen-bond donors (Lipinski definition) is 1. The van der Waals surface area contributed by atoms with Crippen LogP contribution in [-0.4, -0.2) is 22.4 Å². The van der Waals surface area contributed by atoms with Gasteiger partial charge in [-0.25, -0.2) is 4.98 Å². The van der Waals surface area contributed by atoms with Gasteiger partial charge >= 0.3 is 0 Å². The fraction of sp³-hybridized carbons (Fsp3) is 0.176. The van der Waals surface area contributed by atoms with Crippen molar-refractivity contribution >= 4 is 11.6 Å². The zero-order valence-electron chi connectivity index (χ0n) is 12.5. The molecule has 22 heavy (non-hydrogen) atoms. The van der Waals surface area contributed by atoms with Crippen LogP contribution in [0.3, 0.4) is 0 Å². The van der Waals surface area contributed by atoms with Gasteiger partial charge in [0.25, 0.3) is 5.91 Å². The highest BCUT2D eigenvalue weighted by molar-refractivity contribution is 5.96. The first-order valence-electron chi connectivity index (χ1n) is 7.04. The highest BCUT2D eigenvalue weighted by atomic mass is 16.5. The second-order valence-corrected chi connectivity index (χ2v) is 4.96. The lowest BCUT2D eigenvalue weighted by Gasteiger charge is -2.09. The molecule has 0 unspecified atom stereocenters. The quantitative estimate of drug-likeness (QED) is 0.805. The van der Waals surface area contributed by atoms with Crippen molar-refractivity contribution in [2.75, 3.05) is 7.11 Å². The molecular weight excluding hydrogens is 278 g/mol. The summed E-state index contributed by atoms with van der Waals surface area (Å²) in [5.74, 6) is 0.401. The molecule has 1 amide bonds. The number of para-hydroxylation sites is 1. The Morgan fingerprint density at radius 1 is 1.23 bits per heavy atom. The average Bonchev–Trinajstić information content (AvgIpc) is 2.87. The van der Waals surface area contributed by atoms with Crippen LogP contribution in [0.1, 0.15) is 21.7 Å². The molecule has 0 fully saturated rings. The fourth-order valence-electron chi connectivity index (χ4n) is 2.47. The molecule has 2 heterocycles.